The van der Waals surface area contributed by atoms with Crippen LogP contribution < -0.4 is 78.3 Å². The summed E-state index contributed by atoms with van der Waals surface area (Å²) in [6.07, 6.45) is 6.18. The summed E-state index contributed by atoms with van der Waals surface area (Å²) in [6, 6.07) is 27.4. The third kappa shape index (κ3) is 17.5. The fourth-order valence-electron chi connectivity index (χ4n) is 14.7. The van der Waals surface area contributed by atoms with E-state index in [0.29, 0.717) is 71.1 Å². The average Bonchev–Trinajstić information content (AvgIpc) is 1.28. The number of halogens is 8. The van der Waals surface area contributed by atoms with Crippen LogP contribution in [0.2, 0.25) is 0 Å². The van der Waals surface area contributed by atoms with Gasteiger partial charge in [0.2, 0.25) is 16.3 Å². The molecule has 8 aromatic rings. The van der Waals surface area contributed by atoms with E-state index in [4.69, 9.17) is 9.47 Å². The first-order valence-corrected chi connectivity index (χ1v) is 36.6. The number of nitrogens with zero attached hydrogens (tertiary/aromatic N) is 8. The van der Waals surface area contributed by atoms with Crippen molar-refractivity contribution in [2.75, 3.05) is 99.1 Å². The van der Waals surface area contributed by atoms with E-state index in [-0.39, 0.29) is 138 Å². The van der Waals surface area contributed by atoms with Gasteiger partial charge in [-0.15, -0.1) is 0 Å². The Hall–Kier alpha value is -9.75. The number of aromatic hydroxyl groups is 1. The minimum Gasteiger partial charge on any atom is -1.00 e. The maximum atomic E-state index is 14.1. The quantitative estimate of drug-likeness (QED) is 0.0416. The number of nitrogens with one attached hydrogen (secondary N) is 4. The number of benzene rings is 5. The van der Waals surface area contributed by atoms with E-state index < -0.39 is 97.2 Å². The number of rotatable bonds is 15. The second kappa shape index (κ2) is 35.5. The topological polar surface area (TPSA) is 271 Å². The van der Waals surface area contributed by atoms with Crippen molar-refractivity contribution in [2.45, 2.75) is 68.7 Å². The maximum absolute atomic E-state index is 14.1. The molecule has 110 heavy (non-hydrogen) atoms. The largest absolute Gasteiger partial charge is 1.00 e. The van der Waals surface area contributed by atoms with Gasteiger partial charge in [0.25, 0.3) is 35.4 Å². The molecule has 3 aromatic heterocycles. The van der Waals surface area contributed by atoms with Crippen LogP contribution in [0.4, 0.5) is 26.3 Å². The van der Waals surface area contributed by atoms with Gasteiger partial charge >= 0.3 is 18.9 Å². The molecule has 3 fully saturated rings. The van der Waals surface area contributed by atoms with E-state index in [1.807, 2.05) is 79.7 Å². The second-order valence-electron chi connectivity index (χ2n) is 27.6. The van der Waals surface area contributed by atoms with Crippen molar-refractivity contribution in [2.24, 2.45) is 0 Å². The molecule has 0 saturated carbocycles. The van der Waals surface area contributed by atoms with Gasteiger partial charge in [-0.25, -0.2) is 26.3 Å². The molecule has 33 heteroatoms. The number of ether oxygens (including phenoxy) is 2. The molecule has 5 aromatic carbocycles. The number of likely N-dealkylation sites (tertiary alicyclic amines) is 2. The standard InChI is InChI=1S/C28H28F2N4O4.C27H26F2N4O4.C21H22F2N4O4.CH3I.ClH.Li/c1-32-11-10-28(16-32)17-33(2)27(37)23-25(38-15-18-6-4-3-5-7-18)24(35)21(14-34(23)28)26(36)31-13-19-8-9-20(29)12-22(19)30;1-32-16-27(9-10-30-15-27)33-13-20(25(35)31-12-18-7-8-19(28)11-21(18)29)23(34)24(22(33)26(32)36)37-14-17-5-3-2-4-6-17;1-25-6-5-21(10-25)11-26(2)20(31)16-18(29)17(28)14(9-27(16)21)19(30)24-8-12-3-4-13(22)7-15(12)23;1-2;;/h3-9,12,14H,10-11,13,15-17H2,1-2H3,(H,31,36);2-8,11,13,30H,9-10,12,14-16H2,1H3,(H,31,35);3-4,7,9,29H,5-6,8,10-11H2,1-2H3,(H,24,30);1H3;1H;/q;;;;;+1/p-1. The van der Waals surface area contributed by atoms with E-state index in [0.717, 1.165) is 54.5 Å². The summed E-state index contributed by atoms with van der Waals surface area (Å²) in [5.41, 5.74) is -3.10. The molecule has 3 unspecified atom stereocenters. The number of pyridine rings is 3. The molecular formula is C77H79ClF6ILiN12O12. The number of carbonyl (C=O) groups is 6. The zero-order valence-corrected chi connectivity index (χ0v) is 64.2. The van der Waals surface area contributed by atoms with E-state index in [9.17, 15) is 74.6 Å². The van der Waals surface area contributed by atoms with Gasteiger partial charge in [-0.1, -0.05) is 101 Å². The normalized spacial score (nSPS) is 18.8. The van der Waals surface area contributed by atoms with Crippen molar-refractivity contribution in [3.05, 3.63) is 261 Å². The van der Waals surface area contributed by atoms with Gasteiger partial charge in [-0.3, -0.25) is 43.2 Å². The van der Waals surface area contributed by atoms with Crippen LogP contribution >= 0.6 is 22.6 Å². The Labute approximate surface area is 660 Å². The fraction of sp³-hybridized carbons (Fsp3) is 0.338. The molecule has 5 N–H and O–H groups in total. The molecule has 0 bridgehead atoms. The van der Waals surface area contributed by atoms with Gasteiger partial charge < -0.3 is 86.5 Å². The fourth-order valence-corrected chi connectivity index (χ4v) is 14.7. The Morgan fingerprint density at radius 2 is 0.809 bits per heavy atom. The van der Waals surface area contributed by atoms with Crippen molar-refractivity contribution < 1.29 is 101 Å². The summed E-state index contributed by atoms with van der Waals surface area (Å²) in [4.78, 5) is 129. The molecule has 9 heterocycles. The average molecular weight is 1650 g/mol. The van der Waals surface area contributed by atoms with Gasteiger partial charge in [0.15, 0.2) is 34.3 Å². The van der Waals surface area contributed by atoms with Crippen molar-refractivity contribution in [1.29, 1.82) is 0 Å². The van der Waals surface area contributed by atoms with E-state index in [2.05, 4.69) is 53.7 Å². The first kappa shape index (κ1) is 84.3. The van der Waals surface area contributed by atoms with Crippen LogP contribution in [0.15, 0.2) is 148 Å². The molecule has 576 valence electrons. The van der Waals surface area contributed by atoms with Crippen molar-refractivity contribution in [3.63, 3.8) is 0 Å². The minimum absolute atomic E-state index is 0. The van der Waals surface area contributed by atoms with Crippen molar-refractivity contribution in [3.8, 4) is 17.2 Å². The van der Waals surface area contributed by atoms with E-state index >= 15 is 0 Å². The summed E-state index contributed by atoms with van der Waals surface area (Å²) in [5.74, 6) is -9.39. The predicted molar refractivity (Wildman–Crippen MR) is 394 cm³/mol. The Balaban J connectivity index is 0.000000187. The van der Waals surface area contributed by atoms with Crippen LogP contribution in [0.25, 0.3) is 0 Å². The molecule has 6 aliphatic rings. The molecule has 0 radical (unpaired) electrons. The second-order valence-corrected chi connectivity index (χ2v) is 27.6. The van der Waals surface area contributed by atoms with Gasteiger partial charge in [0, 0.05) is 147 Å². The SMILES string of the molecule is CI.CN1CC2(CCNC2)n2cc(C(=O)NCc3ccc(F)cc3F)c(=O)c(OCc3ccccc3)c2C1=O.CN1CCC2(C1)CN(C)C(=O)c1c(O)c(=O)c(C(=O)NCc3ccc(F)cc3F)cn12.CN1CCC2(C1)CN(C)C(=O)c1c(OCc3ccccc3)c(=O)c(C(=O)NCc3ccc(F)cc3F)cn12.[Cl-].[Li+]. The van der Waals surface area contributed by atoms with Crippen molar-refractivity contribution >= 4 is 58.0 Å². The first-order chi connectivity index (χ1) is 51.6. The van der Waals surface area contributed by atoms with Crippen LogP contribution in [0.5, 0.6) is 17.2 Å². The molecule has 3 atom stereocenters. The van der Waals surface area contributed by atoms with Crippen LogP contribution in [0.1, 0.15) is 110 Å². The van der Waals surface area contributed by atoms with E-state index in [1.54, 1.807) is 44.6 Å². The van der Waals surface area contributed by atoms with E-state index in [1.165, 1.54) is 41.7 Å². The van der Waals surface area contributed by atoms with Crippen LogP contribution in [0.3, 0.4) is 0 Å². The summed E-state index contributed by atoms with van der Waals surface area (Å²) >= 11 is 2.15. The molecule has 6 aliphatic heterocycles. The third-order valence-corrected chi connectivity index (χ3v) is 20.1. The summed E-state index contributed by atoms with van der Waals surface area (Å²) in [7, 11) is 8.88. The molecule has 14 rings (SSSR count). The monoisotopic (exact) mass is 1650 g/mol. The molecule has 6 amide bonds. The zero-order chi connectivity index (χ0) is 77.7. The Morgan fingerprint density at radius 1 is 0.473 bits per heavy atom. The number of hydrogen-bond acceptors (Lipinski definition) is 15. The molecule has 3 saturated heterocycles. The summed E-state index contributed by atoms with van der Waals surface area (Å²) in [6.45, 7) is 4.41. The smallest absolute Gasteiger partial charge is 1.00 e. The number of aromatic nitrogens is 3. The number of amides is 6. The Kier molecular flexibility index (Phi) is 27.2. The maximum Gasteiger partial charge on any atom is 1.00 e. The number of alkyl halides is 1. The number of fused-ring (bicyclic) bond motifs is 6. The first-order valence-electron chi connectivity index (χ1n) is 34.4. The van der Waals surface area contributed by atoms with Gasteiger partial charge in [0.05, 0.1) is 16.6 Å². The van der Waals surface area contributed by atoms with Crippen molar-refractivity contribution in [1.82, 2.24) is 59.5 Å². The van der Waals surface area contributed by atoms with Crippen LogP contribution in [-0.2, 0) is 49.5 Å². The zero-order valence-electron chi connectivity index (χ0n) is 61.3. The third-order valence-electron chi connectivity index (χ3n) is 20.1. The molecule has 24 nitrogen and oxygen atoms in total. The predicted octanol–water partition coefficient (Wildman–Crippen LogP) is 1.10. The molecule has 3 spiro atoms. The summed E-state index contributed by atoms with van der Waals surface area (Å²) in [5, 5.41) is 21.4. The van der Waals surface area contributed by atoms with Gasteiger partial charge in [-0.2, -0.15) is 0 Å². The minimum atomic E-state index is -0.978. The van der Waals surface area contributed by atoms with Crippen LogP contribution in [-0.4, -0.2) is 178 Å². The van der Waals surface area contributed by atoms with Gasteiger partial charge in [0.1, 0.15) is 64.8 Å². The number of hydrogen-bond donors (Lipinski definition) is 5. The van der Waals surface area contributed by atoms with Gasteiger partial charge in [-0.05, 0) is 74.2 Å². The Bertz CT molecular complexity index is 5020. The summed E-state index contributed by atoms with van der Waals surface area (Å²) < 4.78 is 98.5. The molecular weight excluding hydrogens is 1570 g/mol. The number of carbonyl (C=O) groups excluding carboxylic acids is 6. The molecule has 0 aliphatic carbocycles. The Morgan fingerprint density at radius 3 is 1.15 bits per heavy atom. The van der Waals surface area contributed by atoms with Crippen LogP contribution in [0, 0.1) is 34.9 Å². The number of likely N-dealkylation sites (N-methyl/N-ethyl adjacent to an activating group) is 5.